The van der Waals surface area contributed by atoms with Crippen LogP contribution in [-0.2, 0) is 0 Å². The fraction of sp³-hybridized carbons (Fsp3) is 0. The molecule has 4 heteroatoms. The molecule has 0 N–H and O–H groups in total. The third-order valence-electron chi connectivity index (χ3n) is 3.85. The number of hydrogen-bond acceptors (Lipinski definition) is 2. The summed E-state index contributed by atoms with van der Waals surface area (Å²) in [5, 5.41) is 1.78. The van der Waals surface area contributed by atoms with E-state index in [9.17, 15) is 13.6 Å². The Morgan fingerprint density at radius 2 is 1.30 bits per heavy atom. The van der Waals surface area contributed by atoms with Crippen molar-refractivity contribution in [3.63, 3.8) is 0 Å². The van der Waals surface area contributed by atoms with Gasteiger partial charge >= 0.3 is 5.63 Å². The quantitative estimate of drug-likeness (QED) is 0.370. The Balaban J connectivity index is 2.01. The third-order valence-corrected chi connectivity index (χ3v) is 3.85. The predicted molar refractivity (Wildman–Crippen MR) is 85.3 cm³/mol. The number of hydrogen-bond donors (Lipinski definition) is 0. The minimum atomic E-state index is -0.526. The van der Waals surface area contributed by atoms with Crippen LogP contribution < -0.4 is 5.63 Å². The summed E-state index contributed by atoms with van der Waals surface area (Å²) in [5.74, 6) is -0.773. The van der Waals surface area contributed by atoms with Gasteiger partial charge in [-0.1, -0.05) is 24.3 Å². The highest BCUT2D eigenvalue weighted by molar-refractivity contribution is 6.05. The zero-order valence-electron chi connectivity index (χ0n) is 11.8. The highest BCUT2D eigenvalue weighted by atomic mass is 19.1. The van der Waals surface area contributed by atoms with Gasteiger partial charge in [-0.2, -0.15) is 0 Å². The first kappa shape index (κ1) is 13.6. The number of benzene rings is 3. The standard InChI is InChI=1S/C19H10F2O2/c20-13-4-1-11(2-5-13)12-3-7-15-16-8-6-14(21)10-18(16)23-19(22)17(15)9-12/h1-10H. The molecule has 0 unspecified atom stereocenters. The van der Waals surface area contributed by atoms with E-state index in [1.807, 2.05) is 6.07 Å². The van der Waals surface area contributed by atoms with Crippen LogP contribution in [-0.4, -0.2) is 0 Å². The Bertz CT molecular complexity index is 1100. The van der Waals surface area contributed by atoms with E-state index in [4.69, 9.17) is 4.42 Å². The molecule has 1 heterocycles. The molecule has 1 aromatic heterocycles. The molecule has 0 aliphatic rings. The summed E-state index contributed by atoms with van der Waals surface area (Å²) in [5.41, 5.74) is 1.28. The van der Waals surface area contributed by atoms with Gasteiger partial charge in [0, 0.05) is 11.5 Å². The van der Waals surface area contributed by atoms with E-state index in [0.29, 0.717) is 16.2 Å². The summed E-state index contributed by atoms with van der Waals surface area (Å²) in [6, 6.07) is 15.5. The van der Waals surface area contributed by atoms with Gasteiger partial charge in [-0.15, -0.1) is 0 Å². The van der Waals surface area contributed by atoms with E-state index in [2.05, 4.69) is 0 Å². The van der Waals surface area contributed by atoms with Gasteiger partial charge in [0.05, 0.1) is 5.39 Å². The molecule has 0 amide bonds. The molecule has 2 nitrogen and oxygen atoms in total. The molecule has 0 fully saturated rings. The van der Waals surface area contributed by atoms with Crippen molar-refractivity contribution >= 4 is 21.7 Å². The van der Waals surface area contributed by atoms with Gasteiger partial charge in [0.15, 0.2) is 0 Å². The van der Waals surface area contributed by atoms with Crippen LogP contribution in [0.4, 0.5) is 8.78 Å². The van der Waals surface area contributed by atoms with Gasteiger partial charge in [-0.3, -0.25) is 0 Å². The van der Waals surface area contributed by atoms with Gasteiger partial charge in [-0.05, 0) is 46.8 Å². The van der Waals surface area contributed by atoms with Crippen LogP contribution in [0.25, 0.3) is 32.9 Å². The smallest absolute Gasteiger partial charge is 0.344 e. The maximum atomic E-state index is 13.3. The molecular weight excluding hydrogens is 298 g/mol. The molecule has 3 aromatic carbocycles. The molecule has 4 rings (SSSR count). The minimum absolute atomic E-state index is 0.219. The number of halogens is 2. The summed E-state index contributed by atoms with van der Waals surface area (Å²) < 4.78 is 31.5. The van der Waals surface area contributed by atoms with E-state index in [1.165, 1.54) is 24.3 Å². The molecule has 0 saturated heterocycles. The second-order valence-corrected chi connectivity index (χ2v) is 5.30. The Hall–Kier alpha value is -3.01. The second kappa shape index (κ2) is 5.02. The molecule has 0 saturated carbocycles. The third kappa shape index (κ3) is 2.28. The van der Waals surface area contributed by atoms with E-state index < -0.39 is 11.4 Å². The fourth-order valence-electron chi connectivity index (χ4n) is 2.73. The van der Waals surface area contributed by atoms with Crippen molar-refractivity contribution in [3.8, 4) is 11.1 Å². The molecule has 0 radical (unpaired) electrons. The molecule has 0 aliphatic carbocycles. The van der Waals surface area contributed by atoms with Crippen LogP contribution in [0.15, 0.2) is 69.9 Å². The van der Waals surface area contributed by atoms with Gasteiger partial charge in [0.1, 0.15) is 17.2 Å². The zero-order valence-corrected chi connectivity index (χ0v) is 11.8. The van der Waals surface area contributed by atoms with Crippen molar-refractivity contribution in [1.82, 2.24) is 0 Å². The Morgan fingerprint density at radius 1 is 0.652 bits per heavy atom. The van der Waals surface area contributed by atoms with Crippen LogP contribution in [0.5, 0.6) is 0 Å². The average molecular weight is 308 g/mol. The van der Waals surface area contributed by atoms with Crippen molar-refractivity contribution in [3.05, 3.63) is 82.7 Å². The molecule has 4 aromatic rings. The molecule has 112 valence electrons. The maximum Gasteiger partial charge on any atom is 0.344 e. The van der Waals surface area contributed by atoms with Gasteiger partial charge in [-0.25, -0.2) is 13.6 Å². The lowest BCUT2D eigenvalue weighted by Gasteiger charge is -2.06. The maximum absolute atomic E-state index is 13.3. The Morgan fingerprint density at radius 3 is 2.09 bits per heavy atom. The van der Waals surface area contributed by atoms with Crippen LogP contribution >= 0.6 is 0 Å². The first-order valence-corrected chi connectivity index (χ1v) is 7.04. The van der Waals surface area contributed by atoms with E-state index in [1.54, 1.807) is 30.3 Å². The zero-order chi connectivity index (χ0) is 16.0. The van der Waals surface area contributed by atoms with Crippen molar-refractivity contribution < 1.29 is 13.2 Å². The minimum Gasteiger partial charge on any atom is -0.422 e. The average Bonchev–Trinajstić information content (AvgIpc) is 2.55. The summed E-state index contributed by atoms with van der Waals surface area (Å²) in [6.07, 6.45) is 0. The normalized spacial score (nSPS) is 11.2. The van der Waals surface area contributed by atoms with Crippen LogP contribution in [0.3, 0.4) is 0 Å². The highest BCUT2D eigenvalue weighted by Crippen LogP contribution is 2.28. The van der Waals surface area contributed by atoms with Gasteiger partial charge < -0.3 is 4.42 Å². The van der Waals surface area contributed by atoms with Crippen molar-refractivity contribution in [2.24, 2.45) is 0 Å². The monoisotopic (exact) mass is 308 g/mol. The summed E-state index contributed by atoms with van der Waals surface area (Å²) >= 11 is 0. The van der Waals surface area contributed by atoms with Gasteiger partial charge in [0.2, 0.25) is 0 Å². The molecule has 0 spiro atoms. The fourth-order valence-corrected chi connectivity index (χ4v) is 2.73. The highest BCUT2D eigenvalue weighted by Gasteiger charge is 2.09. The second-order valence-electron chi connectivity index (χ2n) is 5.30. The Labute approximate surface area is 129 Å². The van der Waals surface area contributed by atoms with Crippen LogP contribution in [0.2, 0.25) is 0 Å². The lowest BCUT2D eigenvalue weighted by Crippen LogP contribution is -2.00. The summed E-state index contributed by atoms with van der Waals surface area (Å²) in [4.78, 5) is 12.2. The lowest BCUT2D eigenvalue weighted by molar-refractivity contribution is 0.562. The molecule has 0 atom stereocenters. The molecular formula is C19H10F2O2. The predicted octanol–water partition coefficient (Wildman–Crippen LogP) is 4.89. The van der Waals surface area contributed by atoms with Crippen molar-refractivity contribution in [2.75, 3.05) is 0 Å². The largest absolute Gasteiger partial charge is 0.422 e. The first-order valence-electron chi connectivity index (χ1n) is 7.04. The van der Waals surface area contributed by atoms with Gasteiger partial charge in [0.25, 0.3) is 0 Å². The molecule has 0 aliphatic heterocycles. The van der Waals surface area contributed by atoms with E-state index >= 15 is 0 Å². The SMILES string of the molecule is O=c1oc2cc(F)ccc2c2ccc(-c3ccc(F)cc3)cc12. The summed E-state index contributed by atoms with van der Waals surface area (Å²) in [6.45, 7) is 0. The summed E-state index contributed by atoms with van der Waals surface area (Å²) in [7, 11) is 0. The topological polar surface area (TPSA) is 30.2 Å². The molecule has 23 heavy (non-hydrogen) atoms. The van der Waals surface area contributed by atoms with E-state index in [0.717, 1.165) is 11.1 Å². The van der Waals surface area contributed by atoms with Crippen molar-refractivity contribution in [2.45, 2.75) is 0 Å². The Kier molecular flexibility index (Phi) is 2.98. The van der Waals surface area contributed by atoms with Crippen LogP contribution in [0.1, 0.15) is 0 Å². The molecule has 0 bridgehead atoms. The first-order chi connectivity index (χ1) is 11.1. The lowest BCUT2D eigenvalue weighted by atomic mass is 10.0. The van der Waals surface area contributed by atoms with E-state index in [-0.39, 0.29) is 11.4 Å². The van der Waals surface area contributed by atoms with Crippen molar-refractivity contribution in [1.29, 1.82) is 0 Å². The van der Waals surface area contributed by atoms with Crippen LogP contribution in [0, 0.1) is 11.6 Å². The number of rotatable bonds is 1. The number of fused-ring (bicyclic) bond motifs is 3.